The van der Waals surface area contributed by atoms with Crippen molar-refractivity contribution in [2.24, 2.45) is 0 Å². The number of nitrogens with one attached hydrogen (secondary N) is 1. The van der Waals surface area contributed by atoms with Gasteiger partial charge in [0.2, 0.25) is 0 Å². The quantitative estimate of drug-likeness (QED) is 0.812. The zero-order valence-electron chi connectivity index (χ0n) is 12.0. The molecule has 1 N–H and O–H groups in total. The largest absolute Gasteiger partial charge is 0.488 e. The van der Waals surface area contributed by atoms with Crippen molar-refractivity contribution in [1.29, 1.82) is 0 Å². The van der Waals surface area contributed by atoms with Crippen molar-refractivity contribution in [2.45, 2.75) is 38.3 Å². The van der Waals surface area contributed by atoms with E-state index in [0.29, 0.717) is 6.04 Å². The van der Waals surface area contributed by atoms with Crippen molar-refractivity contribution in [3.63, 3.8) is 0 Å². The highest BCUT2D eigenvalue weighted by molar-refractivity contribution is 5.80. The number of carbonyl (C=O) groups is 1. The molecule has 0 aromatic heterocycles. The van der Waals surface area contributed by atoms with Gasteiger partial charge in [0, 0.05) is 6.04 Å². The van der Waals surface area contributed by atoms with Gasteiger partial charge in [-0.3, -0.25) is 5.32 Å². The molecular formula is C15H20FNO3. The summed E-state index contributed by atoms with van der Waals surface area (Å²) in [5.41, 5.74) is -0.0668. The molecule has 4 nitrogen and oxygen atoms in total. The van der Waals surface area contributed by atoms with E-state index < -0.39 is 17.3 Å². The summed E-state index contributed by atoms with van der Waals surface area (Å²) in [6, 6.07) is 4.95. The Labute approximate surface area is 118 Å². The number of aryl methyl sites for hydroxylation is 1. The fourth-order valence-corrected chi connectivity index (χ4v) is 2.01. The molecule has 110 valence electrons. The monoisotopic (exact) mass is 281 g/mol. The molecule has 0 bridgehead atoms. The molecular weight excluding hydrogens is 261 g/mol. The first-order valence-corrected chi connectivity index (χ1v) is 6.70. The van der Waals surface area contributed by atoms with Crippen molar-refractivity contribution in [2.75, 3.05) is 13.7 Å². The van der Waals surface area contributed by atoms with Crippen molar-refractivity contribution in [3.05, 3.63) is 29.6 Å². The van der Waals surface area contributed by atoms with Crippen LogP contribution in [0.25, 0.3) is 0 Å². The number of hydrogen-bond acceptors (Lipinski definition) is 4. The Balaban J connectivity index is 2.07. The number of esters is 1. The van der Waals surface area contributed by atoms with Crippen LogP contribution < -0.4 is 10.1 Å². The number of hydrogen-bond donors (Lipinski definition) is 1. The second kappa shape index (κ2) is 5.79. The number of methoxy groups -OCH3 is 1. The first-order chi connectivity index (χ1) is 9.44. The maximum Gasteiger partial charge on any atom is 0.329 e. The maximum absolute atomic E-state index is 13.6. The summed E-state index contributed by atoms with van der Waals surface area (Å²) in [6.45, 7) is 3.59. The van der Waals surface area contributed by atoms with Crippen LogP contribution in [-0.2, 0) is 9.53 Å². The second-order valence-corrected chi connectivity index (χ2v) is 5.46. The van der Waals surface area contributed by atoms with Gasteiger partial charge in [-0.25, -0.2) is 9.18 Å². The maximum atomic E-state index is 13.6. The lowest BCUT2D eigenvalue weighted by atomic mass is 10.0. The van der Waals surface area contributed by atoms with Gasteiger partial charge in [0.15, 0.2) is 11.6 Å². The van der Waals surface area contributed by atoms with Gasteiger partial charge in [0.25, 0.3) is 0 Å². The van der Waals surface area contributed by atoms with Gasteiger partial charge in [-0.1, -0.05) is 6.07 Å². The molecule has 0 amide bonds. The Morgan fingerprint density at radius 1 is 1.50 bits per heavy atom. The third-order valence-electron chi connectivity index (χ3n) is 3.34. The molecule has 2 rings (SSSR count). The van der Waals surface area contributed by atoms with Gasteiger partial charge in [0.1, 0.15) is 12.1 Å². The minimum Gasteiger partial charge on any atom is -0.488 e. The predicted molar refractivity (Wildman–Crippen MR) is 73.2 cm³/mol. The number of carbonyl (C=O) groups excluding carboxylic acids is 1. The third kappa shape index (κ3) is 3.48. The van der Waals surface area contributed by atoms with E-state index in [0.717, 1.165) is 18.4 Å². The molecule has 1 aliphatic carbocycles. The number of halogens is 1. The van der Waals surface area contributed by atoms with Gasteiger partial charge in [-0.2, -0.15) is 0 Å². The van der Waals surface area contributed by atoms with Crippen LogP contribution in [0.15, 0.2) is 18.2 Å². The number of benzene rings is 1. The highest BCUT2D eigenvalue weighted by atomic mass is 19.1. The average molecular weight is 281 g/mol. The van der Waals surface area contributed by atoms with E-state index in [1.165, 1.54) is 13.2 Å². The first-order valence-electron chi connectivity index (χ1n) is 6.70. The standard InChI is InChI=1S/C15H20FNO3/c1-10-4-7-12(16)13(8-10)20-9-15(2,14(18)19-3)17-11-5-6-11/h4,7-8,11,17H,5-6,9H2,1-3H3. The van der Waals surface area contributed by atoms with Gasteiger partial charge in [-0.05, 0) is 44.4 Å². The van der Waals surface area contributed by atoms with E-state index in [1.807, 2.05) is 6.92 Å². The van der Waals surface area contributed by atoms with E-state index in [4.69, 9.17) is 9.47 Å². The number of rotatable bonds is 6. The highest BCUT2D eigenvalue weighted by Gasteiger charge is 2.40. The minimum absolute atomic E-state index is 0.0244. The fraction of sp³-hybridized carbons (Fsp3) is 0.533. The topological polar surface area (TPSA) is 47.6 Å². The second-order valence-electron chi connectivity index (χ2n) is 5.46. The molecule has 1 atom stereocenters. The third-order valence-corrected chi connectivity index (χ3v) is 3.34. The lowest BCUT2D eigenvalue weighted by molar-refractivity contribution is -0.149. The van der Waals surface area contributed by atoms with Gasteiger partial charge in [-0.15, -0.1) is 0 Å². The Bertz CT molecular complexity index is 502. The molecule has 5 heteroatoms. The first kappa shape index (κ1) is 14.8. The summed E-state index contributed by atoms with van der Waals surface area (Å²) >= 11 is 0. The summed E-state index contributed by atoms with van der Waals surface area (Å²) in [7, 11) is 1.34. The van der Waals surface area contributed by atoms with Crippen LogP contribution in [0, 0.1) is 12.7 Å². The lowest BCUT2D eigenvalue weighted by Gasteiger charge is -2.28. The van der Waals surface area contributed by atoms with Crippen LogP contribution in [0.3, 0.4) is 0 Å². The summed E-state index contributed by atoms with van der Waals surface area (Å²) < 4.78 is 23.9. The van der Waals surface area contributed by atoms with E-state index in [1.54, 1.807) is 19.1 Å². The smallest absolute Gasteiger partial charge is 0.329 e. The van der Waals surface area contributed by atoms with Crippen molar-refractivity contribution in [1.82, 2.24) is 5.32 Å². The predicted octanol–water partition coefficient (Wildman–Crippen LogP) is 2.20. The van der Waals surface area contributed by atoms with Gasteiger partial charge < -0.3 is 9.47 Å². The lowest BCUT2D eigenvalue weighted by Crippen LogP contribution is -2.55. The SMILES string of the molecule is COC(=O)C(C)(COc1cc(C)ccc1F)NC1CC1. The molecule has 1 aromatic rings. The molecule has 1 unspecified atom stereocenters. The molecule has 1 saturated carbocycles. The van der Waals surface area contributed by atoms with E-state index in [9.17, 15) is 9.18 Å². The summed E-state index contributed by atoms with van der Waals surface area (Å²) in [6.07, 6.45) is 2.07. The molecule has 0 spiro atoms. The Kier molecular flexibility index (Phi) is 4.28. The molecule has 20 heavy (non-hydrogen) atoms. The minimum atomic E-state index is -0.966. The van der Waals surface area contributed by atoms with E-state index in [2.05, 4.69) is 5.32 Å². The highest BCUT2D eigenvalue weighted by Crippen LogP contribution is 2.25. The van der Waals surface area contributed by atoms with Crippen LogP contribution >= 0.6 is 0 Å². The molecule has 0 heterocycles. The molecule has 0 aliphatic heterocycles. The van der Waals surface area contributed by atoms with Crippen molar-refractivity contribution < 1.29 is 18.7 Å². The van der Waals surface area contributed by atoms with Crippen LogP contribution in [0.5, 0.6) is 5.75 Å². The zero-order chi connectivity index (χ0) is 14.8. The summed E-state index contributed by atoms with van der Waals surface area (Å²) in [4.78, 5) is 11.9. The van der Waals surface area contributed by atoms with Crippen LogP contribution in [0.2, 0.25) is 0 Å². The average Bonchev–Trinajstić information content (AvgIpc) is 3.22. The molecule has 1 aromatic carbocycles. The summed E-state index contributed by atoms with van der Waals surface area (Å²) in [5.74, 6) is -0.690. The Morgan fingerprint density at radius 2 is 2.20 bits per heavy atom. The normalized spacial score (nSPS) is 17.4. The van der Waals surface area contributed by atoms with Crippen LogP contribution in [-0.4, -0.2) is 31.3 Å². The molecule has 1 fully saturated rings. The van der Waals surface area contributed by atoms with E-state index >= 15 is 0 Å². The fourth-order valence-electron chi connectivity index (χ4n) is 2.01. The van der Waals surface area contributed by atoms with Crippen molar-refractivity contribution in [3.8, 4) is 5.75 Å². The molecule has 1 aliphatic rings. The van der Waals surface area contributed by atoms with Crippen LogP contribution in [0.4, 0.5) is 4.39 Å². The zero-order valence-corrected chi connectivity index (χ0v) is 12.0. The Hall–Kier alpha value is -1.62. The summed E-state index contributed by atoms with van der Waals surface area (Å²) in [5, 5.41) is 3.20. The molecule has 0 radical (unpaired) electrons. The van der Waals surface area contributed by atoms with Crippen LogP contribution in [0.1, 0.15) is 25.3 Å². The van der Waals surface area contributed by atoms with Gasteiger partial charge in [0.05, 0.1) is 7.11 Å². The van der Waals surface area contributed by atoms with Gasteiger partial charge >= 0.3 is 5.97 Å². The number of ether oxygens (including phenoxy) is 2. The van der Waals surface area contributed by atoms with E-state index in [-0.39, 0.29) is 12.4 Å². The van der Waals surface area contributed by atoms with Crippen molar-refractivity contribution >= 4 is 5.97 Å². The Morgan fingerprint density at radius 3 is 2.80 bits per heavy atom. The molecule has 0 saturated heterocycles.